The second kappa shape index (κ2) is 12.8. The monoisotopic (exact) mass is 259 g/mol. The molecule has 17 heavy (non-hydrogen) atoms. The highest BCUT2D eigenvalue weighted by molar-refractivity contribution is 7.99. The van der Waals surface area contributed by atoms with Crippen molar-refractivity contribution in [2.45, 2.75) is 72.3 Å². The maximum atomic E-state index is 3.66. The third-order valence-corrected chi connectivity index (χ3v) is 4.66. The second-order valence-corrected chi connectivity index (χ2v) is 6.13. The molecule has 0 rings (SSSR count). The smallest absolute Gasteiger partial charge is 0.0160 e. The summed E-state index contributed by atoms with van der Waals surface area (Å²) in [5.74, 6) is 3.54. The van der Waals surface area contributed by atoms with Gasteiger partial charge in [0.2, 0.25) is 0 Å². The lowest BCUT2D eigenvalue weighted by Gasteiger charge is -2.23. The van der Waals surface area contributed by atoms with E-state index in [1.54, 1.807) is 0 Å². The van der Waals surface area contributed by atoms with E-state index >= 15 is 0 Å². The molecule has 0 bridgehead atoms. The Balaban J connectivity index is 3.91. The molecule has 0 aromatic rings. The van der Waals surface area contributed by atoms with Crippen LogP contribution in [0.5, 0.6) is 0 Å². The van der Waals surface area contributed by atoms with Gasteiger partial charge in [0.05, 0.1) is 0 Å². The number of unbranched alkanes of at least 4 members (excludes halogenated alkanes) is 1. The number of hydrogen-bond donors (Lipinski definition) is 1. The third-order valence-electron chi connectivity index (χ3n) is 3.32. The summed E-state index contributed by atoms with van der Waals surface area (Å²) in [6.45, 7) is 10.3. The van der Waals surface area contributed by atoms with Crippen LogP contribution in [0.15, 0.2) is 0 Å². The Labute approximate surface area is 114 Å². The first-order valence-electron chi connectivity index (χ1n) is 7.59. The summed E-state index contributed by atoms with van der Waals surface area (Å²) in [5.41, 5.74) is 0. The Bertz CT molecular complexity index is 150. The maximum Gasteiger partial charge on any atom is 0.0160 e. The zero-order valence-electron chi connectivity index (χ0n) is 12.4. The second-order valence-electron chi connectivity index (χ2n) is 4.98. The van der Waals surface area contributed by atoms with Gasteiger partial charge in [-0.25, -0.2) is 0 Å². The molecule has 0 fully saturated rings. The van der Waals surface area contributed by atoms with Crippen LogP contribution in [-0.2, 0) is 0 Å². The molecule has 2 heteroatoms. The number of hydrogen-bond acceptors (Lipinski definition) is 2. The van der Waals surface area contributed by atoms with Crippen molar-refractivity contribution >= 4 is 11.8 Å². The standard InChI is InChI=1S/C15H33NS/c1-5-9-10-14(7-3)12-15(16-8-4)13-17-11-6-2/h14-16H,5-13H2,1-4H3. The molecule has 104 valence electrons. The van der Waals surface area contributed by atoms with Gasteiger partial charge in [-0.1, -0.05) is 53.4 Å². The summed E-state index contributed by atoms with van der Waals surface area (Å²) in [5, 5.41) is 3.66. The van der Waals surface area contributed by atoms with Crippen molar-refractivity contribution < 1.29 is 0 Å². The topological polar surface area (TPSA) is 12.0 Å². The largest absolute Gasteiger partial charge is 0.313 e. The Hall–Kier alpha value is 0.310. The molecule has 2 unspecified atom stereocenters. The minimum Gasteiger partial charge on any atom is -0.313 e. The fraction of sp³-hybridized carbons (Fsp3) is 1.00. The zero-order chi connectivity index (χ0) is 12.9. The summed E-state index contributed by atoms with van der Waals surface area (Å²) in [6.07, 6.45) is 8.19. The van der Waals surface area contributed by atoms with Gasteiger partial charge in [-0.05, 0) is 31.1 Å². The molecule has 1 N–H and O–H groups in total. The molecule has 2 atom stereocenters. The van der Waals surface area contributed by atoms with Crippen LogP contribution in [0.2, 0.25) is 0 Å². The van der Waals surface area contributed by atoms with E-state index in [9.17, 15) is 0 Å². The number of thioether (sulfide) groups is 1. The summed E-state index contributed by atoms with van der Waals surface area (Å²) in [7, 11) is 0. The van der Waals surface area contributed by atoms with Crippen molar-refractivity contribution in [3.63, 3.8) is 0 Å². The van der Waals surface area contributed by atoms with Gasteiger partial charge in [0.25, 0.3) is 0 Å². The minimum atomic E-state index is 0.735. The molecule has 0 amide bonds. The van der Waals surface area contributed by atoms with E-state index in [0.29, 0.717) is 0 Å². The van der Waals surface area contributed by atoms with Crippen LogP contribution in [-0.4, -0.2) is 24.1 Å². The average molecular weight is 260 g/mol. The van der Waals surface area contributed by atoms with Gasteiger partial charge in [0.1, 0.15) is 0 Å². The Morgan fingerprint density at radius 3 is 2.35 bits per heavy atom. The van der Waals surface area contributed by atoms with E-state index in [-0.39, 0.29) is 0 Å². The predicted octanol–water partition coefficient (Wildman–Crippen LogP) is 4.71. The normalized spacial score (nSPS) is 14.8. The van der Waals surface area contributed by atoms with E-state index in [1.165, 1.54) is 50.0 Å². The Morgan fingerprint density at radius 2 is 1.82 bits per heavy atom. The lowest BCUT2D eigenvalue weighted by Crippen LogP contribution is -2.33. The molecule has 0 aliphatic heterocycles. The fourth-order valence-electron chi connectivity index (χ4n) is 2.25. The molecule has 0 radical (unpaired) electrons. The van der Waals surface area contributed by atoms with E-state index in [4.69, 9.17) is 0 Å². The van der Waals surface area contributed by atoms with E-state index in [0.717, 1.165) is 18.5 Å². The number of rotatable bonds is 12. The first-order chi connectivity index (χ1) is 8.28. The van der Waals surface area contributed by atoms with Gasteiger partial charge in [0, 0.05) is 11.8 Å². The molecule has 0 aromatic carbocycles. The molecule has 0 saturated carbocycles. The third kappa shape index (κ3) is 9.96. The van der Waals surface area contributed by atoms with Gasteiger partial charge < -0.3 is 5.32 Å². The molecule has 0 heterocycles. The van der Waals surface area contributed by atoms with Gasteiger partial charge in [0.15, 0.2) is 0 Å². The molecule has 0 aromatic heterocycles. The highest BCUT2D eigenvalue weighted by atomic mass is 32.2. The predicted molar refractivity (Wildman–Crippen MR) is 83.0 cm³/mol. The van der Waals surface area contributed by atoms with Crippen LogP contribution < -0.4 is 5.32 Å². The van der Waals surface area contributed by atoms with Crippen molar-refractivity contribution in [2.24, 2.45) is 5.92 Å². The SMILES string of the molecule is CCCCC(CC)CC(CSCCC)NCC. The van der Waals surface area contributed by atoms with E-state index in [2.05, 4.69) is 44.8 Å². The van der Waals surface area contributed by atoms with Gasteiger partial charge in [-0.15, -0.1) is 0 Å². The molecule has 0 aliphatic carbocycles. The first-order valence-corrected chi connectivity index (χ1v) is 8.74. The minimum absolute atomic E-state index is 0.735. The zero-order valence-corrected chi connectivity index (χ0v) is 13.2. The summed E-state index contributed by atoms with van der Waals surface area (Å²) >= 11 is 2.12. The van der Waals surface area contributed by atoms with Crippen molar-refractivity contribution in [3.05, 3.63) is 0 Å². The maximum absolute atomic E-state index is 3.66. The average Bonchev–Trinajstić information content (AvgIpc) is 2.34. The van der Waals surface area contributed by atoms with Crippen LogP contribution in [0.3, 0.4) is 0 Å². The molecule has 1 nitrogen and oxygen atoms in total. The molecular weight excluding hydrogens is 226 g/mol. The van der Waals surface area contributed by atoms with Gasteiger partial charge in [-0.3, -0.25) is 0 Å². The van der Waals surface area contributed by atoms with E-state index < -0.39 is 0 Å². The van der Waals surface area contributed by atoms with Gasteiger partial charge >= 0.3 is 0 Å². The lowest BCUT2D eigenvalue weighted by molar-refractivity contribution is 0.368. The van der Waals surface area contributed by atoms with Crippen molar-refractivity contribution in [1.29, 1.82) is 0 Å². The van der Waals surface area contributed by atoms with Crippen LogP contribution in [0.25, 0.3) is 0 Å². The Kier molecular flexibility index (Phi) is 13.0. The highest BCUT2D eigenvalue weighted by Crippen LogP contribution is 2.20. The molecular formula is C15H33NS. The summed E-state index contributed by atoms with van der Waals surface area (Å²) < 4.78 is 0. The van der Waals surface area contributed by atoms with Crippen LogP contribution in [0, 0.1) is 5.92 Å². The quantitative estimate of drug-likeness (QED) is 0.509. The molecule has 0 saturated heterocycles. The van der Waals surface area contributed by atoms with Crippen LogP contribution >= 0.6 is 11.8 Å². The lowest BCUT2D eigenvalue weighted by atomic mass is 9.92. The van der Waals surface area contributed by atoms with Crippen molar-refractivity contribution in [1.82, 2.24) is 5.32 Å². The van der Waals surface area contributed by atoms with Gasteiger partial charge in [-0.2, -0.15) is 11.8 Å². The molecule has 0 spiro atoms. The molecule has 0 aliphatic rings. The fourth-order valence-corrected chi connectivity index (χ4v) is 3.25. The van der Waals surface area contributed by atoms with Crippen molar-refractivity contribution in [2.75, 3.05) is 18.1 Å². The Morgan fingerprint density at radius 1 is 1.06 bits per heavy atom. The first kappa shape index (κ1) is 17.3. The highest BCUT2D eigenvalue weighted by Gasteiger charge is 2.14. The number of nitrogens with one attached hydrogen (secondary N) is 1. The van der Waals surface area contributed by atoms with Crippen LogP contribution in [0.1, 0.15) is 66.2 Å². The summed E-state index contributed by atoms with van der Waals surface area (Å²) in [4.78, 5) is 0. The van der Waals surface area contributed by atoms with Crippen LogP contribution in [0.4, 0.5) is 0 Å². The van der Waals surface area contributed by atoms with E-state index in [1.807, 2.05) is 0 Å². The van der Waals surface area contributed by atoms with Crippen molar-refractivity contribution in [3.8, 4) is 0 Å². The summed E-state index contributed by atoms with van der Waals surface area (Å²) in [6, 6.07) is 0.735.